The van der Waals surface area contributed by atoms with Crippen LogP contribution in [0.1, 0.15) is 41.4 Å². The number of pyridine rings is 1. The van der Waals surface area contributed by atoms with Gasteiger partial charge in [0, 0.05) is 28.6 Å². The molecule has 8 heteroatoms. The second-order valence-electron chi connectivity index (χ2n) is 7.85. The van der Waals surface area contributed by atoms with E-state index in [2.05, 4.69) is 10.3 Å². The van der Waals surface area contributed by atoms with Crippen molar-refractivity contribution < 1.29 is 19.4 Å². The molecule has 1 saturated carbocycles. The summed E-state index contributed by atoms with van der Waals surface area (Å²) in [6, 6.07) is 8.45. The number of hydrogen-bond donors (Lipinski definition) is 3. The van der Waals surface area contributed by atoms with Crippen LogP contribution in [0.25, 0.3) is 0 Å². The summed E-state index contributed by atoms with van der Waals surface area (Å²) in [5.41, 5.74) is 6.40. The minimum Gasteiger partial charge on any atom is -0.454 e. The van der Waals surface area contributed by atoms with Gasteiger partial charge >= 0.3 is 0 Å². The fourth-order valence-corrected chi connectivity index (χ4v) is 4.87. The first kappa shape index (κ1) is 19.8. The fraction of sp³-hybridized carbons (Fsp3) is 0.261. The maximum atomic E-state index is 13.8. The molecule has 1 amide bonds. The van der Waals surface area contributed by atoms with Crippen molar-refractivity contribution in [3.8, 4) is 5.75 Å². The molecule has 1 aromatic carbocycles. The molecule has 2 atom stereocenters. The first-order chi connectivity index (χ1) is 14.8. The Balaban J connectivity index is 1.74. The second-order valence-corrected chi connectivity index (χ2v) is 8.26. The maximum Gasteiger partial charge on any atom is 0.272 e. The third kappa shape index (κ3) is 2.47. The van der Waals surface area contributed by atoms with Crippen LogP contribution in [0.5, 0.6) is 5.75 Å². The first-order valence-electron chi connectivity index (χ1n) is 10.1. The average molecular weight is 438 g/mol. The van der Waals surface area contributed by atoms with E-state index in [-0.39, 0.29) is 21.9 Å². The second kappa shape index (κ2) is 6.67. The van der Waals surface area contributed by atoms with E-state index in [0.29, 0.717) is 29.9 Å². The number of nitrogens with two attached hydrogens (primary N) is 1. The van der Waals surface area contributed by atoms with E-state index in [1.54, 1.807) is 24.3 Å². The zero-order valence-corrected chi connectivity index (χ0v) is 17.5. The van der Waals surface area contributed by atoms with Gasteiger partial charge < -0.3 is 20.9 Å². The van der Waals surface area contributed by atoms with Crippen LogP contribution in [0.2, 0.25) is 5.02 Å². The molecular weight excluding hydrogens is 418 g/mol. The molecule has 2 unspecified atom stereocenters. The smallest absolute Gasteiger partial charge is 0.272 e. The predicted molar refractivity (Wildman–Crippen MR) is 113 cm³/mol. The van der Waals surface area contributed by atoms with Crippen molar-refractivity contribution >= 4 is 23.3 Å². The van der Waals surface area contributed by atoms with Crippen molar-refractivity contribution in [2.75, 3.05) is 0 Å². The molecule has 4 N–H and O–H groups in total. The zero-order chi connectivity index (χ0) is 22.0. The van der Waals surface area contributed by atoms with Gasteiger partial charge in [-0.1, -0.05) is 36.7 Å². The molecule has 2 aromatic rings. The van der Waals surface area contributed by atoms with Crippen LogP contribution in [0.3, 0.4) is 0 Å². The van der Waals surface area contributed by atoms with Gasteiger partial charge in [0.1, 0.15) is 11.4 Å². The topological polar surface area (TPSA) is 115 Å². The van der Waals surface area contributed by atoms with Gasteiger partial charge in [-0.2, -0.15) is 0 Å². The third-order valence-corrected chi connectivity index (χ3v) is 6.49. The highest BCUT2D eigenvalue weighted by molar-refractivity contribution is 6.33. The average Bonchev–Trinajstić information content (AvgIpc) is 3.11. The molecule has 158 valence electrons. The van der Waals surface area contributed by atoms with Gasteiger partial charge in [-0.3, -0.25) is 9.59 Å². The summed E-state index contributed by atoms with van der Waals surface area (Å²) in [5.74, 6) is -3.00. The number of carbonyl (C=O) groups is 2. The molecule has 1 aromatic heterocycles. The first-order valence-corrected chi connectivity index (χ1v) is 10.4. The van der Waals surface area contributed by atoms with Crippen LogP contribution in [0, 0.1) is 0 Å². The van der Waals surface area contributed by atoms with Gasteiger partial charge in [0.05, 0.1) is 5.02 Å². The van der Waals surface area contributed by atoms with Crippen molar-refractivity contribution in [3.05, 3.63) is 81.3 Å². The number of rotatable bonds is 3. The summed E-state index contributed by atoms with van der Waals surface area (Å²) in [4.78, 5) is 31.1. The number of fused-ring (bicyclic) bond motifs is 5. The lowest BCUT2D eigenvalue weighted by Gasteiger charge is -2.34. The van der Waals surface area contributed by atoms with Gasteiger partial charge in [0.15, 0.2) is 0 Å². The summed E-state index contributed by atoms with van der Waals surface area (Å²) in [6.07, 6.45) is 4.95. The number of Topliss-reactive ketones (excluding diaryl/α,β-unsaturated/α-hetero) is 1. The molecule has 0 radical (unpaired) electrons. The van der Waals surface area contributed by atoms with Gasteiger partial charge in [-0.05, 0) is 43.0 Å². The van der Waals surface area contributed by atoms with E-state index in [0.717, 1.165) is 12.0 Å². The molecule has 3 aliphatic rings. The largest absolute Gasteiger partial charge is 0.454 e. The van der Waals surface area contributed by atoms with Crippen molar-refractivity contribution in [3.63, 3.8) is 0 Å². The third-order valence-electron chi connectivity index (χ3n) is 6.18. The SMILES string of the molecule is CCc1ccc2c(c1)OC1(O)C3=CCCC(N)=C3C(=O)C21NC(=O)c1ncccc1Cl. The van der Waals surface area contributed by atoms with E-state index >= 15 is 0 Å². The molecule has 2 aliphatic carbocycles. The maximum absolute atomic E-state index is 13.8. The lowest BCUT2D eigenvalue weighted by atomic mass is 9.83. The Labute approximate surface area is 183 Å². The molecule has 2 heterocycles. The number of ether oxygens (including phenoxy) is 1. The number of carbonyl (C=O) groups excluding carboxylic acids is 2. The van der Waals surface area contributed by atoms with Crippen LogP contribution < -0.4 is 15.8 Å². The Kier molecular flexibility index (Phi) is 4.26. The van der Waals surface area contributed by atoms with Crippen molar-refractivity contribution in [2.45, 2.75) is 37.5 Å². The van der Waals surface area contributed by atoms with E-state index in [1.165, 1.54) is 12.3 Å². The number of aliphatic hydroxyl groups is 1. The van der Waals surface area contributed by atoms with Crippen LogP contribution in [-0.2, 0) is 16.8 Å². The van der Waals surface area contributed by atoms with Gasteiger partial charge in [-0.15, -0.1) is 0 Å². The number of nitrogens with one attached hydrogen (secondary N) is 1. The van der Waals surface area contributed by atoms with E-state index in [1.807, 2.05) is 13.0 Å². The number of nitrogens with zero attached hydrogens (tertiary/aromatic N) is 1. The molecular formula is C23H20ClN3O4. The Morgan fingerprint density at radius 1 is 1.39 bits per heavy atom. The minimum atomic E-state index is -2.13. The van der Waals surface area contributed by atoms with Crippen LogP contribution >= 0.6 is 11.6 Å². The van der Waals surface area contributed by atoms with Gasteiger partial charge in [-0.25, -0.2) is 4.98 Å². The summed E-state index contributed by atoms with van der Waals surface area (Å²) in [6.45, 7) is 1.99. The van der Waals surface area contributed by atoms with E-state index in [4.69, 9.17) is 22.1 Å². The lowest BCUT2D eigenvalue weighted by Crippen LogP contribution is -2.62. The number of ketones is 1. The molecule has 0 saturated heterocycles. The molecule has 31 heavy (non-hydrogen) atoms. The van der Waals surface area contributed by atoms with Crippen molar-refractivity contribution in [2.24, 2.45) is 5.73 Å². The van der Waals surface area contributed by atoms with Crippen LogP contribution in [0.4, 0.5) is 0 Å². The number of benzene rings is 1. The Morgan fingerprint density at radius 2 is 2.19 bits per heavy atom. The molecule has 1 fully saturated rings. The van der Waals surface area contributed by atoms with Crippen molar-refractivity contribution in [1.82, 2.24) is 10.3 Å². The summed E-state index contributed by atoms with van der Waals surface area (Å²) < 4.78 is 6.03. The van der Waals surface area contributed by atoms with E-state index < -0.39 is 23.0 Å². The number of hydrogen-bond acceptors (Lipinski definition) is 6. The highest BCUT2D eigenvalue weighted by Gasteiger charge is 2.74. The number of allylic oxidation sites excluding steroid dienone is 2. The van der Waals surface area contributed by atoms with Crippen molar-refractivity contribution in [1.29, 1.82) is 0 Å². The number of amides is 1. The highest BCUT2D eigenvalue weighted by Crippen LogP contribution is 2.59. The lowest BCUT2D eigenvalue weighted by molar-refractivity contribution is -0.152. The number of aromatic nitrogens is 1. The van der Waals surface area contributed by atoms with Gasteiger partial charge in [0.2, 0.25) is 11.3 Å². The Hall–Kier alpha value is -3.16. The molecule has 0 bridgehead atoms. The molecule has 0 spiro atoms. The quantitative estimate of drug-likeness (QED) is 0.679. The molecule has 5 rings (SSSR count). The fourth-order valence-electron chi connectivity index (χ4n) is 4.66. The monoisotopic (exact) mass is 437 g/mol. The van der Waals surface area contributed by atoms with Crippen LogP contribution in [-0.4, -0.2) is 27.6 Å². The normalized spacial score (nSPS) is 26.0. The van der Waals surface area contributed by atoms with Gasteiger partial charge in [0.25, 0.3) is 11.7 Å². The Morgan fingerprint density at radius 3 is 2.94 bits per heavy atom. The number of aryl methyl sites for hydroxylation is 1. The minimum absolute atomic E-state index is 0.0573. The summed E-state index contributed by atoms with van der Waals surface area (Å²) >= 11 is 6.16. The van der Waals surface area contributed by atoms with E-state index in [9.17, 15) is 14.7 Å². The molecule has 7 nitrogen and oxygen atoms in total. The van der Waals surface area contributed by atoms with Crippen LogP contribution in [0.15, 0.2) is 59.4 Å². The zero-order valence-electron chi connectivity index (χ0n) is 16.7. The highest BCUT2D eigenvalue weighted by atomic mass is 35.5. The summed E-state index contributed by atoms with van der Waals surface area (Å²) in [7, 11) is 0. The predicted octanol–water partition coefficient (Wildman–Crippen LogP) is 2.52. The number of halogens is 1. The Bertz CT molecular complexity index is 1220. The standard InChI is InChI=1S/C23H20ClN3O4/c1-2-12-8-9-13-17(11-12)31-23(30)14-5-3-7-16(25)18(14)20(28)22(13,23)27-21(29)19-15(24)6-4-10-26-19/h4-6,8-11,30H,2-3,7,25H2,1H3,(H,27,29). The molecule has 1 aliphatic heterocycles. The summed E-state index contributed by atoms with van der Waals surface area (Å²) in [5, 5.41) is 14.7.